The molecule has 4 bridgehead atoms. The third-order valence-corrected chi connectivity index (χ3v) is 7.42. The summed E-state index contributed by atoms with van der Waals surface area (Å²) in [6, 6.07) is 5.32. The van der Waals surface area contributed by atoms with Crippen LogP contribution >= 0.6 is 0 Å². The molecule has 4 aliphatic carbocycles. The lowest BCUT2D eigenvalue weighted by atomic mass is 9.53. The quantitative estimate of drug-likeness (QED) is 0.564. The maximum Gasteiger partial charge on any atom is 0.338 e. The van der Waals surface area contributed by atoms with Gasteiger partial charge in [-0.2, -0.15) is 0 Å². The third-order valence-electron chi connectivity index (χ3n) is 7.42. The van der Waals surface area contributed by atoms with Gasteiger partial charge in [-0.25, -0.2) is 14.6 Å². The van der Waals surface area contributed by atoms with Crippen molar-refractivity contribution in [2.45, 2.75) is 56.9 Å². The van der Waals surface area contributed by atoms with Gasteiger partial charge in [-0.05, 0) is 80.5 Å². The highest BCUT2D eigenvalue weighted by molar-refractivity contribution is 6.01. The van der Waals surface area contributed by atoms with Crippen LogP contribution in [0.2, 0.25) is 0 Å². The predicted octanol–water partition coefficient (Wildman–Crippen LogP) is 1.80. The number of esters is 1. The molecule has 180 valence electrons. The fourth-order valence-electron chi connectivity index (χ4n) is 6.44. The Labute approximate surface area is 196 Å². The minimum absolute atomic E-state index is 0.112. The van der Waals surface area contributed by atoms with E-state index in [0.717, 1.165) is 24.3 Å². The Hall–Kier alpha value is -3.43. The number of nitrogens with zero attached hydrogens (tertiary/aromatic N) is 1. The van der Waals surface area contributed by atoms with Crippen LogP contribution in [0.3, 0.4) is 0 Å². The van der Waals surface area contributed by atoms with Gasteiger partial charge in [-0.3, -0.25) is 25.1 Å². The Bertz CT molecular complexity index is 1000. The van der Waals surface area contributed by atoms with Crippen LogP contribution in [-0.2, 0) is 19.1 Å². The van der Waals surface area contributed by atoms with Crippen LogP contribution < -0.4 is 21.1 Å². The van der Waals surface area contributed by atoms with Crippen molar-refractivity contribution in [1.29, 1.82) is 0 Å². The number of amides is 5. The van der Waals surface area contributed by atoms with Gasteiger partial charge in [-0.15, -0.1) is 0 Å². The molecule has 10 nitrogen and oxygen atoms in total. The SMILES string of the molecule is O=C(COC(=O)c1ccc(N2NC(=O)CCC2=O)cc1)NC(=O)NC12CC3CC(CC(C3)C1)C2. The Kier molecular flexibility index (Phi) is 5.75. The van der Waals surface area contributed by atoms with Gasteiger partial charge in [0.15, 0.2) is 6.61 Å². The molecule has 1 heterocycles. The molecule has 6 rings (SSSR count). The van der Waals surface area contributed by atoms with Crippen molar-refractivity contribution in [3.8, 4) is 0 Å². The van der Waals surface area contributed by atoms with E-state index in [4.69, 9.17) is 4.74 Å². The lowest BCUT2D eigenvalue weighted by Crippen LogP contribution is -2.62. The molecule has 5 aliphatic rings. The molecule has 4 saturated carbocycles. The zero-order chi connectivity index (χ0) is 23.9. The van der Waals surface area contributed by atoms with E-state index in [2.05, 4.69) is 16.1 Å². The summed E-state index contributed by atoms with van der Waals surface area (Å²) in [5.41, 5.74) is 2.84. The number of hydrazine groups is 1. The predicted molar refractivity (Wildman–Crippen MR) is 119 cm³/mol. The number of carbonyl (C=O) groups is 5. The van der Waals surface area contributed by atoms with Crippen LogP contribution in [0.5, 0.6) is 0 Å². The summed E-state index contributed by atoms with van der Waals surface area (Å²) in [6.07, 6.45) is 6.92. The first-order valence-corrected chi connectivity index (χ1v) is 11.8. The summed E-state index contributed by atoms with van der Waals surface area (Å²) in [4.78, 5) is 60.4. The summed E-state index contributed by atoms with van der Waals surface area (Å²) in [6.45, 7) is -0.588. The number of ether oxygens (including phenoxy) is 1. The van der Waals surface area contributed by atoms with Gasteiger partial charge in [0.2, 0.25) is 11.8 Å². The Morgan fingerprint density at radius 3 is 2.21 bits per heavy atom. The minimum atomic E-state index is -0.739. The number of hydrogen-bond donors (Lipinski definition) is 3. The second-order valence-corrected chi connectivity index (χ2v) is 10.1. The Morgan fingerprint density at radius 2 is 1.59 bits per heavy atom. The molecule has 34 heavy (non-hydrogen) atoms. The normalized spacial score (nSPS) is 29.4. The molecular weight excluding hydrogens is 440 g/mol. The molecule has 1 aliphatic heterocycles. The van der Waals surface area contributed by atoms with Crippen LogP contribution in [-0.4, -0.2) is 41.9 Å². The molecule has 10 heteroatoms. The van der Waals surface area contributed by atoms with E-state index in [1.807, 2.05) is 0 Å². The zero-order valence-corrected chi connectivity index (χ0v) is 18.8. The second kappa shape index (κ2) is 8.73. The van der Waals surface area contributed by atoms with Gasteiger partial charge in [0.1, 0.15) is 0 Å². The summed E-state index contributed by atoms with van der Waals surface area (Å²) in [5, 5.41) is 6.45. The first kappa shape index (κ1) is 22.4. The van der Waals surface area contributed by atoms with Crippen molar-refractivity contribution in [2.75, 3.05) is 11.6 Å². The van der Waals surface area contributed by atoms with Crippen LogP contribution in [0.4, 0.5) is 10.5 Å². The number of anilines is 1. The molecular formula is C24H28N4O6. The Morgan fingerprint density at radius 1 is 0.971 bits per heavy atom. The number of benzene rings is 1. The van der Waals surface area contributed by atoms with Crippen molar-refractivity contribution < 1.29 is 28.7 Å². The monoisotopic (exact) mass is 468 g/mol. The molecule has 5 fully saturated rings. The van der Waals surface area contributed by atoms with E-state index in [9.17, 15) is 24.0 Å². The van der Waals surface area contributed by atoms with Crippen molar-refractivity contribution in [3.05, 3.63) is 29.8 Å². The largest absolute Gasteiger partial charge is 0.452 e. The molecule has 3 N–H and O–H groups in total. The number of hydrogen-bond acceptors (Lipinski definition) is 6. The summed E-state index contributed by atoms with van der Waals surface area (Å²) in [7, 11) is 0. The van der Waals surface area contributed by atoms with Crippen LogP contribution in [0.25, 0.3) is 0 Å². The van der Waals surface area contributed by atoms with Gasteiger partial charge in [0.25, 0.3) is 5.91 Å². The van der Waals surface area contributed by atoms with E-state index >= 15 is 0 Å². The maximum absolute atomic E-state index is 12.4. The van der Waals surface area contributed by atoms with E-state index < -0.39 is 24.5 Å². The van der Waals surface area contributed by atoms with Crippen LogP contribution in [0.1, 0.15) is 61.7 Å². The van der Waals surface area contributed by atoms with Crippen molar-refractivity contribution in [2.24, 2.45) is 17.8 Å². The molecule has 1 aromatic rings. The number of carbonyl (C=O) groups excluding carboxylic acids is 5. The van der Waals surface area contributed by atoms with Gasteiger partial charge in [0.05, 0.1) is 11.3 Å². The fraction of sp³-hybridized carbons (Fsp3) is 0.542. The number of nitrogens with one attached hydrogen (secondary N) is 3. The standard InChI is InChI=1S/C24H28N4O6/c29-19-5-6-21(31)28(27-19)18-3-1-17(2-4-18)22(32)34-13-20(30)25-23(33)26-24-10-14-7-15(11-24)9-16(8-14)12-24/h1-4,14-16H,5-13H2,(H,27,29)(H2,25,26,30,33). The average molecular weight is 469 g/mol. The minimum Gasteiger partial charge on any atom is -0.452 e. The highest BCUT2D eigenvalue weighted by Crippen LogP contribution is 2.55. The fourth-order valence-corrected chi connectivity index (χ4v) is 6.44. The van der Waals surface area contributed by atoms with Gasteiger partial charge >= 0.3 is 12.0 Å². The van der Waals surface area contributed by atoms with Crippen molar-refractivity contribution in [3.63, 3.8) is 0 Å². The summed E-state index contributed by atoms with van der Waals surface area (Å²) < 4.78 is 5.03. The number of urea groups is 1. The smallest absolute Gasteiger partial charge is 0.338 e. The maximum atomic E-state index is 12.4. The van der Waals surface area contributed by atoms with Gasteiger partial charge < -0.3 is 10.1 Å². The van der Waals surface area contributed by atoms with Crippen LogP contribution in [0.15, 0.2) is 24.3 Å². The van der Waals surface area contributed by atoms with Gasteiger partial charge in [0, 0.05) is 18.4 Å². The molecule has 0 spiro atoms. The third kappa shape index (κ3) is 4.62. The molecule has 0 unspecified atom stereocenters. The van der Waals surface area contributed by atoms with Crippen LogP contribution in [0, 0.1) is 17.8 Å². The molecule has 1 saturated heterocycles. The van der Waals surface area contributed by atoms with E-state index in [1.54, 1.807) is 0 Å². The first-order valence-electron chi connectivity index (χ1n) is 11.8. The Balaban J connectivity index is 1.09. The highest BCUT2D eigenvalue weighted by atomic mass is 16.5. The average Bonchev–Trinajstić information content (AvgIpc) is 2.78. The van der Waals surface area contributed by atoms with E-state index in [-0.39, 0.29) is 35.8 Å². The lowest BCUT2D eigenvalue weighted by molar-refractivity contribution is -0.130. The summed E-state index contributed by atoms with van der Waals surface area (Å²) >= 11 is 0. The van der Waals surface area contributed by atoms with Crippen molar-refractivity contribution >= 4 is 35.4 Å². The van der Waals surface area contributed by atoms with Crippen molar-refractivity contribution in [1.82, 2.24) is 16.1 Å². The highest BCUT2D eigenvalue weighted by Gasteiger charge is 2.51. The topological polar surface area (TPSA) is 134 Å². The molecule has 0 atom stereocenters. The number of rotatable bonds is 5. The molecule has 5 amide bonds. The van der Waals surface area contributed by atoms with Gasteiger partial charge in [-0.1, -0.05) is 0 Å². The van der Waals surface area contributed by atoms with E-state index in [0.29, 0.717) is 23.4 Å². The first-order chi connectivity index (χ1) is 16.3. The number of imide groups is 1. The lowest BCUT2D eigenvalue weighted by Gasteiger charge is -2.56. The molecule has 1 aromatic carbocycles. The van der Waals surface area contributed by atoms with E-state index in [1.165, 1.54) is 43.5 Å². The molecule has 0 aromatic heterocycles. The zero-order valence-electron chi connectivity index (χ0n) is 18.8. The summed E-state index contributed by atoms with van der Waals surface area (Å²) in [5.74, 6) is 0.0439. The second-order valence-electron chi connectivity index (χ2n) is 10.1. The molecule has 0 radical (unpaired) electrons.